The van der Waals surface area contributed by atoms with Crippen molar-refractivity contribution in [2.75, 3.05) is 0 Å². The molecule has 0 saturated carbocycles. The van der Waals surface area contributed by atoms with E-state index in [0.29, 0.717) is 10.7 Å². The van der Waals surface area contributed by atoms with Gasteiger partial charge in [0, 0.05) is 0 Å². The average molecular weight is 205 g/mol. The van der Waals surface area contributed by atoms with E-state index in [4.69, 9.17) is 0 Å². The number of nitrogens with one attached hydrogen (secondary N) is 1. The van der Waals surface area contributed by atoms with Gasteiger partial charge in [0.2, 0.25) is 0 Å². The molecule has 0 spiro atoms. The Kier molecular flexibility index (Phi) is 4.84. The normalized spacial score (nSPS) is 36.8. The zero-order valence-electron chi connectivity index (χ0n) is 8.17. The van der Waals surface area contributed by atoms with Crippen LogP contribution in [-0.2, 0) is 0 Å². The first-order chi connectivity index (χ1) is 5.72. The third kappa shape index (κ3) is 3.58. The standard InChI is InChI=1S/C9H19NS2/c1-4-5-6-9-10-7(2)11-8(3)12-9/h7-10H,4-6H2,1-3H3. The molecule has 1 saturated heterocycles. The molecule has 1 aliphatic heterocycles. The van der Waals surface area contributed by atoms with Crippen LogP contribution in [-0.4, -0.2) is 15.3 Å². The van der Waals surface area contributed by atoms with Gasteiger partial charge in [-0.3, -0.25) is 5.32 Å². The molecule has 1 heterocycles. The molecule has 1 N–H and O–H groups in total. The monoisotopic (exact) mass is 205 g/mol. The number of thioether (sulfide) groups is 2. The molecule has 0 aromatic carbocycles. The quantitative estimate of drug-likeness (QED) is 0.759. The van der Waals surface area contributed by atoms with Crippen LogP contribution in [0, 0.1) is 0 Å². The summed E-state index contributed by atoms with van der Waals surface area (Å²) in [4.78, 5) is 0. The molecular weight excluding hydrogens is 186 g/mol. The van der Waals surface area contributed by atoms with Gasteiger partial charge in [-0.15, -0.1) is 23.5 Å². The second kappa shape index (κ2) is 5.40. The van der Waals surface area contributed by atoms with Crippen molar-refractivity contribution in [3.63, 3.8) is 0 Å². The SMILES string of the molecule is CCCCC1NC(C)SC(C)S1. The molecule has 1 nitrogen and oxygen atoms in total. The molecule has 0 amide bonds. The summed E-state index contributed by atoms with van der Waals surface area (Å²) >= 11 is 4.11. The lowest BCUT2D eigenvalue weighted by molar-refractivity contribution is 0.574. The number of rotatable bonds is 3. The van der Waals surface area contributed by atoms with Gasteiger partial charge in [-0.25, -0.2) is 0 Å². The first kappa shape index (κ1) is 10.7. The summed E-state index contributed by atoms with van der Waals surface area (Å²) < 4.78 is 0.767. The fourth-order valence-electron chi connectivity index (χ4n) is 1.43. The van der Waals surface area contributed by atoms with Crippen molar-refractivity contribution in [2.24, 2.45) is 0 Å². The molecule has 72 valence electrons. The highest BCUT2D eigenvalue weighted by Gasteiger charge is 2.22. The van der Waals surface area contributed by atoms with Crippen molar-refractivity contribution in [3.8, 4) is 0 Å². The predicted octanol–water partition coefficient (Wildman–Crippen LogP) is 3.26. The van der Waals surface area contributed by atoms with Gasteiger partial charge < -0.3 is 0 Å². The highest BCUT2D eigenvalue weighted by atomic mass is 32.2. The van der Waals surface area contributed by atoms with Crippen LogP contribution in [0.1, 0.15) is 40.0 Å². The largest absolute Gasteiger partial charge is 0.294 e. The Morgan fingerprint density at radius 2 is 2.00 bits per heavy atom. The minimum atomic E-state index is 0.642. The summed E-state index contributed by atoms with van der Waals surface area (Å²) in [7, 11) is 0. The molecular formula is C9H19NS2. The Morgan fingerprint density at radius 1 is 1.25 bits per heavy atom. The average Bonchev–Trinajstić information content (AvgIpc) is 1.99. The van der Waals surface area contributed by atoms with Crippen LogP contribution in [0.5, 0.6) is 0 Å². The molecule has 0 aromatic rings. The molecule has 0 aliphatic carbocycles. The van der Waals surface area contributed by atoms with Crippen molar-refractivity contribution in [1.29, 1.82) is 0 Å². The molecule has 3 heteroatoms. The van der Waals surface area contributed by atoms with Crippen LogP contribution in [0.15, 0.2) is 0 Å². The molecule has 12 heavy (non-hydrogen) atoms. The summed E-state index contributed by atoms with van der Waals surface area (Å²) in [6, 6.07) is 0. The Morgan fingerprint density at radius 3 is 2.58 bits per heavy atom. The van der Waals surface area contributed by atoms with E-state index < -0.39 is 0 Å². The first-order valence-electron chi connectivity index (χ1n) is 4.79. The minimum absolute atomic E-state index is 0.642. The Labute approximate surface area is 84.4 Å². The Bertz CT molecular complexity index is 120. The third-order valence-electron chi connectivity index (χ3n) is 1.99. The molecule has 0 radical (unpaired) electrons. The fourth-order valence-corrected chi connectivity index (χ4v) is 4.54. The van der Waals surface area contributed by atoms with Gasteiger partial charge in [-0.05, 0) is 20.3 Å². The smallest absolute Gasteiger partial charge is 0.0551 e. The van der Waals surface area contributed by atoms with E-state index in [0.717, 1.165) is 4.58 Å². The maximum absolute atomic E-state index is 3.61. The van der Waals surface area contributed by atoms with E-state index >= 15 is 0 Å². The molecule has 0 bridgehead atoms. The maximum Gasteiger partial charge on any atom is 0.0551 e. The van der Waals surface area contributed by atoms with E-state index in [-0.39, 0.29) is 0 Å². The second-order valence-electron chi connectivity index (χ2n) is 3.28. The lowest BCUT2D eigenvalue weighted by atomic mass is 10.2. The van der Waals surface area contributed by atoms with Gasteiger partial charge in [-0.1, -0.05) is 19.8 Å². The van der Waals surface area contributed by atoms with Crippen LogP contribution in [0.3, 0.4) is 0 Å². The van der Waals surface area contributed by atoms with Crippen molar-refractivity contribution in [3.05, 3.63) is 0 Å². The zero-order chi connectivity index (χ0) is 8.97. The molecule has 0 aromatic heterocycles. The van der Waals surface area contributed by atoms with Crippen LogP contribution in [0.4, 0.5) is 0 Å². The highest BCUT2D eigenvalue weighted by Crippen LogP contribution is 2.35. The van der Waals surface area contributed by atoms with E-state index in [1.165, 1.54) is 19.3 Å². The number of hydrogen-bond acceptors (Lipinski definition) is 3. The Hall–Kier alpha value is 0.660. The third-order valence-corrected chi connectivity index (χ3v) is 4.67. The predicted molar refractivity (Wildman–Crippen MR) is 60.6 cm³/mol. The van der Waals surface area contributed by atoms with Gasteiger partial charge in [0.25, 0.3) is 0 Å². The summed E-state index contributed by atoms with van der Waals surface area (Å²) in [6.45, 7) is 6.83. The highest BCUT2D eigenvalue weighted by molar-refractivity contribution is 8.18. The first-order valence-corrected chi connectivity index (χ1v) is 6.68. The molecule has 1 rings (SSSR count). The lowest BCUT2D eigenvalue weighted by Crippen LogP contribution is -2.38. The van der Waals surface area contributed by atoms with Gasteiger partial charge in [0.15, 0.2) is 0 Å². The van der Waals surface area contributed by atoms with Crippen molar-refractivity contribution in [2.45, 2.75) is 55.4 Å². The minimum Gasteiger partial charge on any atom is -0.294 e. The summed E-state index contributed by atoms with van der Waals surface area (Å²) in [6.07, 6.45) is 4.00. The topological polar surface area (TPSA) is 12.0 Å². The lowest BCUT2D eigenvalue weighted by Gasteiger charge is -2.32. The van der Waals surface area contributed by atoms with E-state index in [2.05, 4.69) is 37.8 Å². The number of hydrogen-bond donors (Lipinski definition) is 1. The van der Waals surface area contributed by atoms with Gasteiger partial charge >= 0.3 is 0 Å². The van der Waals surface area contributed by atoms with Crippen LogP contribution in [0.2, 0.25) is 0 Å². The zero-order valence-corrected chi connectivity index (χ0v) is 9.80. The van der Waals surface area contributed by atoms with Crippen LogP contribution < -0.4 is 5.32 Å². The van der Waals surface area contributed by atoms with Crippen LogP contribution in [0.25, 0.3) is 0 Å². The number of unbranched alkanes of at least 4 members (excludes halogenated alkanes) is 1. The maximum atomic E-state index is 3.61. The van der Waals surface area contributed by atoms with E-state index in [1.807, 2.05) is 11.8 Å². The fraction of sp³-hybridized carbons (Fsp3) is 1.00. The second-order valence-corrected chi connectivity index (χ2v) is 6.81. The Balaban J connectivity index is 2.24. The van der Waals surface area contributed by atoms with E-state index in [9.17, 15) is 0 Å². The van der Waals surface area contributed by atoms with Gasteiger partial charge in [-0.2, -0.15) is 0 Å². The van der Waals surface area contributed by atoms with Crippen molar-refractivity contribution in [1.82, 2.24) is 5.32 Å². The molecule has 1 fully saturated rings. The molecule has 3 unspecified atom stereocenters. The molecule has 1 aliphatic rings. The van der Waals surface area contributed by atoms with Gasteiger partial charge in [0.05, 0.1) is 15.3 Å². The summed E-state index contributed by atoms with van der Waals surface area (Å²) in [5, 5.41) is 4.95. The van der Waals surface area contributed by atoms with Gasteiger partial charge in [0.1, 0.15) is 0 Å². The van der Waals surface area contributed by atoms with Crippen molar-refractivity contribution >= 4 is 23.5 Å². The van der Waals surface area contributed by atoms with E-state index in [1.54, 1.807) is 0 Å². The molecule has 3 atom stereocenters. The van der Waals surface area contributed by atoms with Crippen molar-refractivity contribution < 1.29 is 0 Å². The van der Waals surface area contributed by atoms with Crippen LogP contribution >= 0.6 is 23.5 Å². The summed E-state index contributed by atoms with van der Waals surface area (Å²) in [5.41, 5.74) is 0. The summed E-state index contributed by atoms with van der Waals surface area (Å²) in [5.74, 6) is 0.